The van der Waals surface area contributed by atoms with E-state index in [0.29, 0.717) is 37.0 Å². The lowest BCUT2D eigenvalue weighted by molar-refractivity contribution is -0.116. The summed E-state index contributed by atoms with van der Waals surface area (Å²) in [5.41, 5.74) is 3.62. The van der Waals surface area contributed by atoms with Crippen molar-refractivity contribution in [3.8, 4) is 0 Å². The van der Waals surface area contributed by atoms with Gasteiger partial charge in [0.25, 0.3) is 5.91 Å². The lowest BCUT2D eigenvalue weighted by Gasteiger charge is -2.17. The number of fused-ring (bicyclic) bond motifs is 2. The molecule has 0 radical (unpaired) electrons. The van der Waals surface area contributed by atoms with Crippen molar-refractivity contribution in [1.29, 1.82) is 0 Å². The Balaban J connectivity index is 1.51. The van der Waals surface area contributed by atoms with Gasteiger partial charge in [-0.2, -0.15) is 0 Å². The summed E-state index contributed by atoms with van der Waals surface area (Å²) >= 11 is 0. The summed E-state index contributed by atoms with van der Waals surface area (Å²) in [5.74, 6) is -0.0675. The van der Waals surface area contributed by atoms with E-state index in [2.05, 4.69) is 16.9 Å². The first kappa shape index (κ1) is 19.8. The van der Waals surface area contributed by atoms with Crippen LogP contribution in [0, 0.1) is 0 Å². The molecule has 2 heterocycles. The molecule has 4 rings (SSSR count). The molecular weight excluding hydrogens is 380 g/mol. The highest BCUT2D eigenvalue weighted by atomic mass is 16.5. The van der Waals surface area contributed by atoms with Crippen LogP contribution in [0.2, 0.25) is 0 Å². The van der Waals surface area contributed by atoms with E-state index in [4.69, 9.17) is 4.74 Å². The molecular formula is C23H24N4O3. The van der Waals surface area contributed by atoms with E-state index >= 15 is 0 Å². The summed E-state index contributed by atoms with van der Waals surface area (Å²) in [6, 6.07) is 15.0. The molecule has 0 saturated heterocycles. The zero-order valence-corrected chi connectivity index (χ0v) is 16.9. The number of aromatic nitrogens is 2. The predicted molar refractivity (Wildman–Crippen MR) is 116 cm³/mol. The number of hydrogen-bond donors (Lipinski definition) is 1. The predicted octanol–water partition coefficient (Wildman–Crippen LogP) is 3.53. The molecule has 1 aromatic heterocycles. The molecule has 0 unspecified atom stereocenters. The SMILES string of the molecule is C=C1c2ccccc2C(=O)N1CC(=O)Nc1nc2ccccc2n1CCCOCC. The average molecular weight is 404 g/mol. The van der Waals surface area contributed by atoms with Crippen LogP contribution in [-0.2, 0) is 16.1 Å². The lowest BCUT2D eigenvalue weighted by atomic mass is 10.1. The van der Waals surface area contributed by atoms with E-state index in [0.717, 1.165) is 23.0 Å². The van der Waals surface area contributed by atoms with E-state index in [9.17, 15) is 9.59 Å². The van der Waals surface area contributed by atoms with Crippen molar-refractivity contribution >= 4 is 34.5 Å². The van der Waals surface area contributed by atoms with Crippen LogP contribution in [-0.4, -0.2) is 46.0 Å². The molecule has 1 aliphatic heterocycles. The van der Waals surface area contributed by atoms with Gasteiger partial charge in [-0.15, -0.1) is 0 Å². The number of rotatable bonds is 8. The van der Waals surface area contributed by atoms with Gasteiger partial charge >= 0.3 is 0 Å². The van der Waals surface area contributed by atoms with Gasteiger partial charge in [0.2, 0.25) is 11.9 Å². The number of para-hydroxylation sites is 2. The van der Waals surface area contributed by atoms with Crippen LogP contribution in [0.5, 0.6) is 0 Å². The largest absolute Gasteiger partial charge is 0.382 e. The number of imidazole rings is 1. The Morgan fingerprint density at radius 3 is 2.63 bits per heavy atom. The minimum Gasteiger partial charge on any atom is -0.382 e. The van der Waals surface area contributed by atoms with E-state index in [-0.39, 0.29) is 18.4 Å². The van der Waals surface area contributed by atoms with Gasteiger partial charge in [-0.05, 0) is 31.5 Å². The maximum absolute atomic E-state index is 12.8. The fourth-order valence-electron chi connectivity index (χ4n) is 3.68. The van der Waals surface area contributed by atoms with E-state index in [1.807, 2.05) is 47.9 Å². The Labute approximate surface area is 175 Å². The number of carbonyl (C=O) groups excluding carboxylic acids is 2. The second kappa shape index (κ2) is 8.51. The molecule has 0 bridgehead atoms. The number of carbonyl (C=O) groups is 2. The molecule has 2 aromatic carbocycles. The summed E-state index contributed by atoms with van der Waals surface area (Å²) in [4.78, 5) is 31.4. The molecule has 2 amide bonds. The average Bonchev–Trinajstić information content (AvgIpc) is 3.21. The van der Waals surface area contributed by atoms with E-state index in [1.165, 1.54) is 4.90 Å². The fourth-order valence-corrected chi connectivity index (χ4v) is 3.68. The first-order valence-corrected chi connectivity index (χ1v) is 10.0. The molecule has 1 N–H and O–H groups in total. The highest BCUT2D eigenvalue weighted by Crippen LogP contribution is 2.31. The van der Waals surface area contributed by atoms with Crippen molar-refractivity contribution < 1.29 is 14.3 Å². The molecule has 7 heteroatoms. The summed E-state index contributed by atoms with van der Waals surface area (Å²) in [6.45, 7) is 7.80. The number of hydrogen-bond acceptors (Lipinski definition) is 4. The molecule has 154 valence electrons. The van der Waals surface area contributed by atoms with Gasteiger partial charge in [0.15, 0.2) is 0 Å². The van der Waals surface area contributed by atoms with Gasteiger partial charge in [0.05, 0.1) is 11.0 Å². The molecule has 0 aliphatic carbocycles. The number of amides is 2. The summed E-state index contributed by atoms with van der Waals surface area (Å²) < 4.78 is 7.41. The summed E-state index contributed by atoms with van der Waals surface area (Å²) in [7, 11) is 0. The first-order valence-electron chi connectivity index (χ1n) is 10.0. The van der Waals surface area contributed by atoms with Crippen molar-refractivity contribution in [2.75, 3.05) is 25.1 Å². The number of benzene rings is 2. The first-order chi connectivity index (χ1) is 14.6. The van der Waals surface area contributed by atoms with Crippen LogP contribution in [0.15, 0.2) is 55.1 Å². The van der Waals surface area contributed by atoms with E-state index in [1.54, 1.807) is 12.1 Å². The quantitative estimate of drug-likeness (QED) is 0.583. The Bertz CT molecular complexity index is 1080. The van der Waals surface area contributed by atoms with Gasteiger partial charge in [0.1, 0.15) is 6.54 Å². The van der Waals surface area contributed by atoms with Gasteiger partial charge in [0, 0.05) is 36.6 Å². The Morgan fingerprint density at radius 2 is 1.87 bits per heavy atom. The number of ether oxygens (including phenoxy) is 1. The molecule has 0 spiro atoms. The molecule has 0 fully saturated rings. The van der Waals surface area contributed by atoms with Crippen LogP contribution in [0.25, 0.3) is 16.7 Å². The molecule has 0 atom stereocenters. The third-order valence-electron chi connectivity index (χ3n) is 5.12. The summed E-state index contributed by atoms with van der Waals surface area (Å²) in [6.07, 6.45) is 0.799. The van der Waals surface area contributed by atoms with Crippen LogP contribution < -0.4 is 5.32 Å². The molecule has 0 saturated carbocycles. The van der Waals surface area contributed by atoms with Crippen LogP contribution in [0.1, 0.15) is 29.3 Å². The van der Waals surface area contributed by atoms with Gasteiger partial charge in [-0.25, -0.2) is 4.98 Å². The zero-order chi connectivity index (χ0) is 21.1. The van der Waals surface area contributed by atoms with Crippen LogP contribution in [0.3, 0.4) is 0 Å². The highest BCUT2D eigenvalue weighted by Gasteiger charge is 2.32. The Hall–Kier alpha value is -3.45. The van der Waals surface area contributed by atoms with Crippen molar-refractivity contribution in [1.82, 2.24) is 14.5 Å². The van der Waals surface area contributed by atoms with E-state index < -0.39 is 0 Å². The second-order valence-electron chi connectivity index (χ2n) is 7.06. The van der Waals surface area contributed by atoms with Crippen molar-refractivity contribution in [2.45, 2.75) is 19.9 Å². The third-order valence-corrected chi connectivity index (χ3v) is 5.12. The maximum Gasteiger partial charge on any atom is 0.259 e. The monoisotopic (exact) mass is 404 g/mol. The fraction of sp³-hybridized carbons (Fsp3) is 0.261. The van der Waals surface area contributed by atoms with Crippen molar-refractivity contribution in [3.63, 3.8) is 0 Å². The molecule has 7 nitrogen and oxygen atoms in total. The number of anilines is 1. The highest BCUT2D eigenvalue weighted by molar-refractivity contribution is 6.11. The summed E-state index contributed by atoms with van der Waals surface area (Å²) in [5, 5.41) is 2.87. The standard InChI is InChI=1S/C23H24N4O3/c1-3-30-14-8-13-26-20-12-7-6-11-19(20)24-23(26)25-21(28)15-27-16(2)17-9-4-5-10-18(17)22(27)29/h4-7,9-12H,2-3,8,13-15H2,1H3,(H,24,25,28). The minimum atomic E-state index is -0.321. The normalized spacial score (nSPS) is 13.2. The van der Waals surface area contributed by atoms with Gasteiger partial charge in [-0.3, -0.25) is 19.8 Å². The number of aryl methyl sites for hydroxylation is 1. The topological polar surface area (TPSA) is 76.5 Å². The third kappa shape index (κ3) is 3.71. The molecule has 1 aliphatic rings. The number of nitrogens with one attached hydrogen (secondary N) is 1. The van der Waals surface area contributed by atoms with Crippen molar-refractivity contribution in [3.05, 3.63) is 66.2 Å². The smallest absolute Gasteiger partial charge is 0.259 e. The molecule has 3 aromatic rings. The minimum absolute atomic E-state index is 0.117. The molecule has 30 heavy (non-hydrogen) atoms. The van der Waals surface area contributed by atoms with Gasteiger partial charge in [-0.1, -0.05) is 36.9 Å². The second-order valence-corrected chi connectivity index (χ2v) is 7.06. The van der Waals surface area contributed by atoms with Gasteiger partial charge < -0.3 is 9.30 Å². The maximum atomic E-state index is 12.8. The Kier molecular flexibility index (Phi) is 5.63. The van der Waals surface area contributed by atoms with Crippen LogP contribution >= 0.6 is 0 Å². The van der Waals surface area contributed by atoms with Crippen LogP contribution in [0.4, 0.5) is 5.95 Å². The lowest BCUT2D eigenvalue weighted by Crippen LogP contribution is -2.33. The Morgan fingerprint density at radius 1 is 1.13 bits per heavy atom. The number of nitrogens with zero attached hydrogens (tertiary/aromatic N) is 3. The van der Waals surface area contributed by atoms with Crippen molar-refractivity contribution in [2.24, 2.45) is 0 Å². The zero-order valence-electron chi connectivity index (χ0n) is 16.9.